The second-order valence-electron chi connectivity index (χ2n) is 10.4. The van der Waals surface area contributed by atoms with Gasteiger partial charge < -0.3 is 18.9 Å². The SMILES string of the molecule is CCC(C)(C)c1ccc(OCCCC(=O)NN=Cc2cc(OC)c(OC)cc2OC)c(C(C)(C)CC)c1. The molecule has 2 aromatic rings. The van der Waals surface area contributed by atoms with Crippen molar-refractivity contribution in [2.45, 2.75) is 78.1 Å². The summed E-state index contributed by atoms with van der Waals surface area (Å²) in [6.45, 7) is 13.9. The normalized spacial score (nSPS) is 11.9. The van der Waals surface area contributed by atoms with Crippen molar-refractivity contribution in [3.05, 3.63) is 47.0 Å². The van der Waals surface area contributed by atoms with Gasteiger partial charge >= 0.3 is 0 Å². The summed E-state index contributed by atoms with van der Waals surface area (Å²) in [5, 5.41) is 4.07. The molecule has 0 fully saturated rings. The summed E-state index contributed by atoms with van der Waals surface area (Å²) in [6, 6.07) is 10.00. The standard InChI is InChI=1S/C30H44N2O5/c1-10-29(3,4)22-14-15-24(23(18-22)30(5,6)11-2)37-16-12-13-28(33)32-31-20-21-17-26(35-8)27(36-9)19-25(21)34-7/h14-15,17-20H,10-13,16H2,1-9H3,(H,32,33). The van der Waals surface area contributed by atoms with E-state index in [2.05, 4.69) is 70.3 Å². The van der Waals surface area contributed by atoms with Crippen LogP contribution in [0.2, 0.25) is 0 Å². The highest BCUT2D eigenvalue weighted by Gasteiger charge is 2.26. The third-order valence-corrected chi connectivity index (χ3v) is 7.19. The van der Waals surface area contributed by atoms with Gasteiger partial charge in [0.1, 0.15) is 11.5 Å². The van der Waals surface area contributed by atoms with E-state index in [4.69, 9.17) is 18.9 Å². The first-order valence-corrected chi connectivity index (χ1v) is 12.9. The van der Waals surface area contributed by atoms with Crippen LogP contribution in [0, 0.1) is 0 Å². The van der Waals surface area contributed by atoms with E-state index < -0.39 is 0 Å². The van der Waals surface area contributed by atoms with Crippen LogP contribution in [0.25, 0.3) is 0 Å². The number of ether oxygens (including phenoxy) is 4. The molecule has 7 nitrogen and oxygen atoms in total. The number of amides is 1. The van der Waals surface area contributed by atoms with Crippen molar-refractivity contribution in [3.8, 4) is 23.0 Å². The second-order valence-corrected chi connectivity index (χ2v) is 10.4. The van der Waals surface area contributed by atoms with Gasteiger partial charge in [-0.1, -0.05) is 53.7 Å². The Morgan fingerprint density at radius 2 is 1.49 bits per heavy atom. The van der Waals surface area contributed by atoms with Crippen LogP contribution in [-0.2, 0) is 15.6 Å². The molecule has 7 heteroatoms. The molecule has 0 heterocycles. The Balaban J connectivity index is 1.98. The Morgan fingerprint density at radius 1 is 0.865 bits per heavy atom. The molecular weight excluding hydrogens is 468 g/mol. The molecule has 0 aliphatic carbocycles. The molecule has 0 unspecified atom stereocenters. The number of hydrazone groups is 1. The fraction of sp³-hybridized carbons (Fsp3) is 0.533. The maximum absolute atomic E-state index is 12.3. The molecule has 0 bridgehead atoms. The van der Waals surface area contributed by atoms with E-state index in [1.165, 1.54) is 17.3 Å². The van der Waals surface area contributed by atoms with Crippen LogP contribution in [0.15, 0.2) is 35.4 Å². The third-order valence-electron chi connectivity index (χ3n) is 7.19. The first kappa shape index (κ1) is 30.0. The topological polar surface area (TPSA) is 78.4 Å². The van der Waals surface area contributed by atoms with E-state index in [0.29, 0.717) is 42.3 Å². The van der Waals surface area contributed by atoms with Crippen LogP contribution in [0.4, 0.5) is 0 Å². The number of hydrogen-bond acceptors (Lipinski definition) is 6. The van der Waals surface area contributed by atoms with Crippen molar-refractivity contribution in [2.75, 3.05) is 27.9 Å². The van der Waals surface area contributed by atoms with Gasteiger partial charge in [-0.3, -0.25) is 4.79 Å². The molecule has 0 aromatic heterocycles. The van der Waals surface area contributed by atoms with Crippen molar-refractivity contribution < 1.29 is 23.7 Å². The smallest absolute Gasteiger partial charge is 0.240 e. The molecule has 204 valence electrons. The zero-order valence-corrected chi connectivity index (χ0v) is 24.0. The number of carbonyl (C=O) groups excluding carboxylic acids is 1. The lowest BCUT2D eigenvalue weighted by Crippen LogP contribution is -2.21. The molecule has 2 rings (SSSR count). The van der Waals surface area contributed by atoms with Gasteiger partial charge in [0.2, 0.25) is 5.91 Å². The first-order valence-electron chi connectivity index (χ1n) is 12.9. The quantitative estimate of drug-likeness (QED) is 0.180. The van der Waals surface area contributed by atoms with Crippen LogP contribution >= 0.6 is 0 Å². The van der Waals surface area contributed by atoms with Crippen LogP contribution in [0.5, 0.6) is 23.0 Å². The van der Waals surface area contributed by atoms with E-state index in [1.807, 2.05) is 0 Å². The van der Waals surface area contributed by atoms with E-state index >= 15 is 0 Å². The summed E-state index contributed by atoms with van der Waals surface area (Å²) in [4.78, 5) is 12.3. The second kappa shape index (κ2) is 13.4. The predicted molar refractivity (Wildman–Crippen MR) is 150 cm³/mol. The van der Waals surface area contributed by atoms with E-state index in [1.54, 1.807) is 33.5 Å². The average Bonchev–Trinajstić information content (AvgIpc) is 2.90. The highest BCUT2D eigenvalue weighted by atomic mass is 16.5. The van der Waals surface area contributed by atoms with Gasteiger partial charge in [-0.25, -0.2) is 5.43 Å². The summed E-state index contributed by atoms with van der Waals surface area (Å²) >= 11 is 0. The summed E-state index contributed by atoms with van der Waals surface area (Å²) < 4.78 is 22.2. The monoisotopic (exact) mass is 512 g/mol. The molecule has 0 radical (unpaired) electrons. The van der Waals surface area contributed by atoms with Crippen molar-refractivity contribution in [1.29, 1.82) is 0 Å². The van der Waals surface area contributed by atoms with Crippen molar-refractivity contribution in [1.82, 2.24) is 5.43 Å². The number of nitrogens with one attached hydrogen (secondary N) is 1. The molecule has 0 atom stereocenters. The number of benzene rings is 2. The van der Waals surface area contributed by atoms with Gasteiger partial charge in [0.15, 0.2) is 11.5 Å². The van der Waals surface area contributed by atoms with Crippen LogP contribution in [-0.4, -0.2) is 40.1 Å². The molecule has 0 saturated carbocycles. The average molecular weight is 513 g/mol. The van der Waals surface area contributed by atoms with Gasteiger partial charge in [0, 0.05) is 23.6 Å². The first-order chi connectivity index (χ1) is 17.5. The lowest BCUT2D eigenvalue weighted by atomic mass is 9.76. The summed E-state index contributed by atoms with van der Waals surface area (Å²) in [5.74, 6) is 2.36. The molecule has 37 heavy (non-hydrogen) atoms. The molecule has 0 aliphatic rings. The Morgan fingerprint density at radius 3 is 2.08 bits per heavy atom. The summed E-state index contributed by atoms with van der Waals surface area (Å²) in [5.41, 5.74) is 5.86. The highest BCUT2D eigenvalue weighted by Crippen LogP contribution is 2.38. The lowest BCUT2D eigenvalue weighted by Gasteiger charge is -2.30. The number of nitrogens with zero attached hydrogens (tertiary/aromatic N) is 1. The zero-order valence-electron chi connectivity index (χ0n) is 24.0. The highest BCUT2D eigenvalue weighted by molar-refractivity contribution is 5.86. The Labute approximate surface area is 222 Å². The van der Waals surface area contributed by atoms with Gasteiger partial charge in [0.05, 0.1) is 34.2 Å². The van der Waals surface area contributed by atoms with Crippen molar-refractivity contribution in [2.24, 2.45) is 5.10 Å². The Kier molecular flexibility index (Phi) is 10.8. The van der Waals surface area contributed by atoms with Crippen molar-refractivity contribution >= 4 is 12.1 Å². The largest absolute Gasteiger partial charge is 0.496 e. The van der Waals surface area contributed by atoms with Gasteiger partial charge in [-0.05, 0) is 47.8 Å². The molecular formula is C30H44N2O5. The third kappa shape index (κ3) is 7.88. The molecule has 0 saturated heterocycles. The molecule has 0 spiro atoms. The zero-order chi connectivity index (χ0) is 27.6. The Hall–Kier alpha value is -3.22. The molecule has 0 aliphatic heterocycles. The summed E-state index contributed by atoms with van der Waals surface area (Å²) in [6.07, 6.45) is 4.47. The van der Waals surface area contributed by atoms with Crippen LogP contribution in [0.1, 0.15) is 83.9 Å². The number of hydrogen-bond donors (Lipinski definition) is 1. The minimum Gasteiger partial charge on any atom is -0.496 e. The fourth-order valence-electron chi connectivity index (χ4n) is 3.80. The predicted octanol–water partition coefficient (Wildman–Crippen LogP) is 6.40. The lowest BCUT2D eigenvalue weighted by molar-refractivity contribution is -0.121. The number of rotatable bonds is 14. The maximum atomic E-state index is 12.3. The minimum atomic E-state index is -0.187. The number of methoxy groups -OCH3 is 3. The molecule has 1 N–H and O–H groups in total. The van der Waals surface area contributed by atoms with E-state index in [0.717, 1.165) is 18.6 Å². The number of carbonyl (C=O) groups is 1. The van der Waals surface area contributed by atoms with Crippen LogP contribution in [0.3, 0.4) is 0 Å². The molecule has 1 amide bonds. The fourth-order valence-corrected chi connectivity index (χ4v) is 3.80. The van der Waals surface area contributed by atoms with Gasteiger partial charge in [-0.2, -0.15) is 5.10 Å². The Bertz CT molecular complexity index is 1080. The van der Waals surface area contributed by atoms with Crippen molar-refractivity contribution in [3.63, 3.8) is 0 Å². The van der Waals surface area contributed by atoms with Crippen LogP contribution < -0.4 is 24.4 Å². The van der Waals surface area contributed by atoms with E-state index in [9.17, 15) is 4.79 Å². The van der Waals surface area contributed by atoms with Gasteiger partial charge in [-0.15, -0.1) is 0 Å². The molecule has 2 aromatic carbocycles. The van der Waals surface area contributed by atoms with E-state index in [-0.39, 0.29) is 16.7 Å². The minimum absolute atomic E-state index is 0.00749. The maximum Gasteiger partial charge on any atom is 0.240 e. The summed E-state index contributed by atoms with van der Waals surface area (Å²) in [7, 11) is 4.67. The van der Waals surface area contributed by atoms with Gasteiger partial charge in [0.25, 0.3) is 0 Å².